The largest absolute Gasteiger partial charge is 0.309 e. The van der Waals surface area contributed by atoms with E-state index in [9.17, 15) is 0 Å². The van der Waals surface area contributed by atoms with Crippen LogP contribution in [0.5, 0.6) is 0 Å². The van der Waals surface area contributed by atoms with Gasteiger partial charge in [-0.05, 0) is 98.1 Å². The van der Waals surface area contributed by atoms with Gasteiger partial charge in [0.1, 0.15) is 0 Å². The summed E-state index contributed by atoms with van der Waals surface area (Å²) in [6.45, 7) is 0. The van der Waals surface area contributed by atoms with Crippen LogP contribution >= 0.6 is 0 Å². The summed E-state index contributed by atoms with van der Waals surface area (Å²) in [4.78, 5) is 2.54. The average molecular weight is 879 g/mol. The molecule has 2 nitrogen and oxygen atoms in total. The number of nitrogens with zero attached hydrogens (tertiary/aromatic N) is 2. The molecule has 2 heteroatoms. The lowest BCUT2D eigenvalue weighted by Gasteiger charge is -2.34. The van der Waals surface area contributed by atoms with Crippen molar-refractivity contribution in [3.63, 3.8) is 0 Å². The molecule has 0 spiro atoms. The second kappa shape index (κ2) is 16.7. The van der Waals surface area contributed by atoms with Gasteiger partial charge in [0.25, 0.3) is 0 Å². The zero-order valence-electron chi connectivity index (χ0n) is 38.0. The molecule has 12 aromatic rings. The van der Waals surface area contributed by atoms with Crippen LogP contribution in [0, 0.1) is 0 Å². The molecule has 0 fully saturated rings. The van der Waals surface area contributed by atoms with E-state index in [4.69, 9.17) is 0 Å². The van der Waals surface area contributed by atoms with Gasteiger partial charge in [-0.1, -0.05) is 237 Å². The highest BCUT2D eigenvalue weighted by Gasteiger charge is 2.47. The first-order chi connectivity index (χ1) is 34.3. The SMILES string of the molecule is c1ccc(-c2ccccc2-c2ccccc2-c2ccccc2N(c2ccc3c4ccccc4n(-c4ccccc4)c3c2)c2cccc3c2-c2ccccc2C3(c2ccccc2)c2ccccc2)cc1. The molecule has 0 unspecified atom stereocenters. The number of rotatable bonds is 9. The number of para-hydroxylation sites is 3. The average Bonchev–Trinajstić information content (AvgIpc) is 3.93. The molecule has 1 aliphatic rings. The molecule has 0 aliphatic heterocycles. The first-order valence-electron chi connectivity index (χ1n) is 23.9. The van der Waals surface area contributed by atoms with Crippen molar-refractivity contribution in [2.45, 2.75) is 5.41 Å². The van der Waals surface area contributed by atoms with Crippen molar-refractivity contribution < 1.29 is 0 Å². The zero-order chi connectivity index (χ0) is 45.7. The second-order valence-corrected chi connectivity index (χ2v) is 17.9. The molecule has 0 N–H and O–H groups in total. The summed E-state index contributed by atoms with van der Waals surface area (Å²) in [5.41, 5.74) is 20.7. The quantitative estimate of drug-likeness (QED) is 0.140. The zero-order valence-corrected chi connectivity index (χ0v) is 38.0. The Morgan fingerprint density at radius 2 is 0.783 bits per heavy atom. The van der Waals surface area contributed by atoms with Crippen LogP contribution in [0.2, 0.25) is 0 Å². The van der Waals surface area contributed by atoms with Crippen LogP contribution in [0.3, 0.4) is 0 Å². The molecule has 0 bridgehead atoms. The molecule has 0 radical (unpaired) electrons. The van der Waals surface area contributed by atoms with E-state index in [2.05, 4.69) is 289 Å². The van der Waals surface area contributed by atoms with Gasteiger partial charge >= 0.3 is 0 Å². The van der Waals surface area contributed by atoms with Crippen molar-refractivity contribution >= 4 is 38.9 Å². The van der Waals surface area contributed by atoms with E-state index in [0.717, 1.165) is 39.4 Å². The van der Waals surface area contributed by atoms with Crippen LogP contribution in [0.4, 0.5) is 17.1 Å². The van der Waals surface area contributed by atoms with Gasteiger partial charge in [-0.25, -0.2) is 0 Å². The molecular formula is C67H46N2. The molecule has 1 aliphatic carbocycles. The maximum atomic E-state index is 2.54. The maximum Gasteiger partial charge on any atom is 0.0714 e. The Balaban J connectivity index is 1.13. The molecular weight excluding hydrogens is 833 g/mol. The van der Waals surface area contributed by atoms with E-state index >= 15 is 0 Å². The molecule has 0 atom stereocenters. The highest BCUT2D eigenvalue weighted by atomic mass is 15.2. The van der Waals surface area contributed by atoms with Gasteiger partial charge in [0.2, 0.25) is 0 Å². The van der Waals surface area contributed by atoms with Crippen LogP contribution in [0.25, 0.3) is 72.0 Å². The lowest BCUT2D eigenvalue weighted by atomic mass is 9.68. The predicted molar refractivity (Wildman–Crippen MR) is 289 cm³/mol. The van der Waals surface area contributed by atoms with E-state index in [-0.39, 0.29) is 0 Å². The first kappa shape index (κ1) is 40.3. The topological polar surface area (TPSA) is 8.17 Å². The minimum Gasteiger partial charge on any atom is -0.309 e. The summed E-state index contributed by atoms with van der Waals surface area (Å²) in [7, 11) is 0. The Labute approximate surface area is 403 Å². The molecule has 13 rings (SSSR count). The monoisotopic (exact) mass is 878 g/mol. The molecule has 0 saturated carbocycles. The summed E-state index contributed by atoms with van der Waals surface area (Å²) in [6.07, 6.45) is 0. The fourth-order valence-electron chi connectivity index (χ4n) is 11.5. The molecule has 324 valence electrons. The van der Waals surface area contributed by atoms with E-state index in [1.54, 1.807) is 0 Å². The van der Waals surface area contributed by atoms with Crippen LogP contribution in [-0.4, -0.2) is 4.57 Å². The lowest BCUT2D eigenvalue weighted by molar-refractivity contribution is 0.768. The van der Waals surface area contributed by atoms with Gasteiger partial charge in [-0.2, -0.15) is 0 Å². The predicted octanol–water partition coefficient (Wildman–Crippen LogP) is 17.6. The maximum absolute atomic E-state index is 2.54. The first-order valence-corrected chi connectivity index (χ1v) is 23.9. The Morgan fingerprint density at radius 1 is 0.304 bits per heavy atom. The number of benzene rings is 11. The van der Waals surface area contributed by atoms with Crippen molar-refractivity contribution in [2.24, 2.45) is 0 Å². The van der Waals surface area contributed by atoms with E-state index in [1.807, 2.05) is 0 Å². The van der Waals surface area contributed by atoms with Crippen molar-refractivity contribution in [3.05, 3.63) is 301 Å². The minimum atomic E-state index is -0.562. The number of aromatic nitrogens is 1. The van der Waals surface area contributed by atoms with Gasteiger partial charge in [0.15, 0.2) is 0 Å². The second-order valence-electron chi connectivity index (χ2n) is 17.9. The Kier molecular flexibility index (Phi) is 9.77. The Hall–Kier alpha value is -8.98. The normalized spacial score (nSPS) is 12.5. The highest BCUT2D eigenvalue weighted by Crippen LogP contribution is 2.60. The third-order valence-corrected chi connectivity index (χ3v) is 14.3. The van der Waals surface area contributed by atoms with Gasteiger partial charge < -0.3 is 9.47 Å². The standard InChI is InChI=1S/C67H46N2/c1-5-24-47(25-6-1)52-32-13-14-33-53(52)54-34-15-16-35-55(54)56-36-18-21-41-62(56)69(51-44-45-58-57-37-19-22-42-63(57)68(65(58)46-51)50-30-11-4-12-31-50)64-43-23-40-61-66(64)59-38-17-20-39-60(59)67(61,48-26-7-2-8-27-48)49-28-9-3-10-29-49/h1-46H. The summed E-state index contributed by atoms with van der Waals surface area (Å²) in [6, 6.07) is 102. The summed E-state index contributed by atoms with van der Waals surface area (Å²) in [5.74, 6) is 0. The van der Waals surface area contributed by atoms with Crippen LogP contribution in [0.15, 0.2) is 279 Å². The smallest absolute Gasteiger partial charge is 0.0714 e. The number of hydrogen-bond acceptors (Lipinski definition) is 1. The molecule has 0 amide bonds. The number of fused-ring (bicyclic) bond motifs is 6. The van der Waals surface area contributed by atoms with E-state index in [1.165, 1.54) is 71.9 Å². The summed E-state index contributed by atoms with van der Waals surface area (Å²) >= 11 is 0. The van der Waals surface area contributed by atoms with Gasteiger partial charge in [-0.15, -0.1) is 0 Å². The molecule has 0 saturated heterocycles. The van der Waals surface area contributed by atoms with Crippen LogP contribution < -0.4 is 4.90 Å². The fraction of sp³-hybridized carbons (Fsp3) is 0.0149. The van der Waals surface area contributed by atoms with Crippen molar-refractivity contribution in [1.82, 2.24) is 4.57 Å². The summed E-state index contributed by atoms with van der Waals surface area (Å²) in [5, 5.41) is 2.44. The fourth-order valence-corrected chi connectivity index (χ4v) is 11.5. The molecule has 1 heterocycles. The lowest BCUT2D eigenvalue weighted by Crippen LogP contribution is -2.28. The van der Waals surface area contributed by atoms with Gasteiger partial charge in [0.05, 0.1) is 27.8 Å². The third-order valence-electron chi connectivity index (χ3n) is 14.3. The third kappa shape index (κ3) is 6.41. The minimum absolute atomic E-state index is 0.562. The van der Waals surface area contributed by atoms with E-state index in [0.29, 0.717) is 0 Å². The van der Waals surface area contributed by atoms with Crippen LogP contribution in [-0.2, 0) is 5.41 Å². The van der Waals surface area contributed by atoms with Gasteiger partial charge in [0, 0.05) is 33.3 Å². The number of anilines is 3. The summed E-state index contributed by atoms with van der Waals surface area (Å²) < 4.78 is 2.43. The molecule has 1 aromatic heterocycles. The van der Waals surface area contributed by atoms with Crippen LogP contribution in [0.1, 0.15) is 22.3 Å². The molecule has 69 heavy (non-hydrogen) atoms. The van der Waals surface area contributed by atoms with Crippen molar-refractivity contribution in [3.8, 4) is 50.2 Å². The number of hydrogen-bond donors (Lipinski definition) is 0. The van der Waals surface area contributed by atoms with Gasteiger partial charge in [-0.3, -0.25) is 0 Å². The van der Waals surface area contributed by atoms with E-state index < -0.39 is 5.41 Å². The molecule has 11 aromatic carbocycles. The van der Waals surface area contributed by atoms with Crippen molar-refractivity contribution in [2.75, 3.05) is 4.90 Å². The van der Waals surface area contributed by atoms with Crippen molar-refractivity contribution in [1.29, 1.82) is 0 Å². The highest BCUT2D eigenvalue weighted by molar-refractivity contribution is 6.11. The Morgan fingerprint density at radius 3 is 1.48 bits per heavy atom. The Bertz CT molecular complexity index is 3790.